The zero-order chi connectivity index (χ0) is 20.8. The second-order valence-electron chi connectivity index (χ2n) is 8.99. The maximum Gasteiger partial charge on any atom is 0.258 e. The third-order valence-electron chi connectivity index (χ3n) is 6.57. The van der Waals surface area contributed by atoms with Crippen molar-refractivity contribution in [3.63, 3.8) is 0 Å². The van der Waals surface area contributed by atoms with Gasteiger partial charge in [0.05, 0.1) is 18.2 Å². The summed E-state index contributed by atoms with van der Waals surface area (Å²) in [6, 6.07) is 12.4. The van der Waals surface area contributed by atoms with Crippen LogP contribution in [0.4, 0.5) is 10.1 Å². The molecular weight excluding hydrogens is 367 g/mol. The zero-order valence-electron chi connectivity index (χ0n) is 17.7. The number of likely N-dealkylation sites (tertiary alicyclic amines) is 1. The van der Waals surface area contributed by atoms with E-state index in [-0.39, 0.29) is 22.8 Å². The van der Waals surface area contributed by atoms with Gasteiger partial charge in [-0.2, -0.15) is 0 Å². The standard InChI is InChI=1S/C24H29FN2O2/c1-17-7-5-8-20(21(17)29-4)22(28)26-14-6-13-24(26)15-23(2,3)27(16-24)19-11-9-18(25)10-12-19/h5,7-12H,6,13-16H2,1-4H3. The van der Waals surface area contributed by atoms with Crippen LogP contribution in [0.25, 0.3) is 0 Å². The highest BCUT2D eigenvalue weighted by molar-refractivity contribution is 5.98. The van der Waals surface area contributed by atoms with E-state index < -0.39 is 0 Å². The number of carbonyl (C=O) groups excluding carboxylic acids is 1. The van der Waals surface area contributed by atoms with Gasteiger partial charge in [-0.1, -0.05) is 12.1 Å². The fourth-order valence-electron chi connectivity index (χ4n) is 5.37. The minimum atomic E-state index is -0.232. The van der Waals surface area contributed by atoms with E-state index >= 15 is 0 Å². The maximum absolute atomic E-state index is 13.6. The van der Waals surface area contributed by atoms with Crippen LogP contribution in [0, 0.1) is 12.7 Å². The number of carbonyl (C=O) groups is 1. The van der Waals surface area contributed by atoms with Gasteiger partial charge in [0.15, 0.2) is 0 Å². The van der Waals surface area contributed by atoms with Crippen molar-refractivity contribution in [2.75, 3.05) is 25.1 Å². The van der Waals surface area contributed by atoms with Crippen molar-refractivity contribution in [3.8, 4) is 5.75 Å². The normalized spacial score (nSPS) is 23.1. The molecule has 5 heteroatoms. The highest BCUT2D eigenvalue weighted by Crippen LogP contribution is 2.47. The lowest BCUT2D eigenvalue weighted by molar-refractivity contribution is 0.0614. The Labute approximate surface area is 172 Å². The predicted octanol–water partition coefficient (Wildman–Crippen LogP) is 4.81. The van der Waals surface area contributed by atoms with Gasteiger partial charge >= 0.3 is 0 Å². The largest absolute Gasteiger partial charge is 0.496 e. The molecule has 1 atom stereocenters. The molecule has 2 fully saturated rings. The first-order chi connectivity index (χ1) is 13.8. The van der Waals surface area contributed by atoms with Crippen LogP contribution in [0.5, 0.6) is 5.75 Å². The van der Waals surface area contributed by atoms with E-state index in [0.717, 1.165) is 43.6 Å². The van der Waals surface area contributed by atoms with E-state index in [0.29, 0.717) is 11.3 Å². The lowest BCUT2D eigenvalue weighted by Gasteiger charge is -2.35. The molecule has 0 aliphatic carbocycles. The Morgan fingerprint density at radius 2 is 1.86 bits per heavy atom. The molecule has 1 amide bonds. The molecule has 154 valence electrons. The maximum atomic E-state index is 13.6. The molecule has 2 aliphatic heterocycles. The van der Waals surface area contributed by atoms with E-state index in [4.69, 9.17) is 4.74 Å². The monoisotopic (exact) mass is 396 g/mol. The van der Waals surface area contributed by atoms with Gasteiger partial charge in [0, 0.05) is 24.3 Å². The highest BCUT2D eigenvalue weighted by Gasteiger charge is 2.55. The molecule has 2 aliphatic rings. The lowest BCUT2D eigenvalue weighted by atomic mass is 9.87. The van der Waals surface area contributed by atoms with Crippen molar-refractivity contribution in [3.05, 3.63) is 59.4 Å². The summed E-state index contributed by atoms with van der Waals surface area (Å²) >= 11 is 0. The summed E-state index contributed by atoms with van der Waals surface area (Å²) in [6.07, 6.45) is 2.86. The van der Waals surface area contributed by atoms with Gasteiger partial charge in [-0.3, -0.25) is 4.79 Å². The Hall–Kier alpha value is -2.56. The smallest absolute Gasteiger partial charge is 0.258 e. The molecule has 0 radical (unpaired) electrons. The van der Waals surface area contributed by atoms with Gasteiger partial charge in [-0.25, -0.2) is 4.39 Å². The number of halogens is 1. The first kappa shape index (κ1) is 19.7. The number of nitrogens with zero attached hydrogens (tertiary/aromatic N) is 2. The fraction of sp³-hybridized carbons (Fsp3) is 0.458. The topological polar surface area (TPSA) is 32.8 Å². The van der Waals surface area contributed by atoms with Crippen LogP contribution < -0.4 is 9.64 Å². The van der Waals surface area contributed by atoms with Gasteiger partial charge < -0.3 is 14.5 Å². The predicted molar refractivity (Wildman–Crippen MR) is 113 cm³/mol. The molecule has 2 heterocycles. The first-order valence-corrected chi connectivity index (χ1v) is 10.3. The third-order valence-corrected chi connectivity index (χ3v) is 6.57. The number of ether oxygens (including phenoxy) is 1. The first-order valence-electron chi connectivity index (χ1n) is 10.3. The van der Waals surface area contributed by atoms with E-state index in [1.807, 2.05) is 37.3 Å². The Balaban J connectivity index is 1.68. The molecule has 1 unspecified atom stereocenters. The molecule has 29 heavy (non-hydrogen) atoms. The molecule has 0 bridgehead atoms. The van der Waals surface area contributed by atoms with Crippen molar-refractivity contribution in [1.29, 1.82) is 0 Å². The molecule has 2 aromatic carbocycles. The number of hydrogen-bond acceptors (Lipinski definition) is 3. The van der Waals surface area contributed by atoms with Crippen molar-refractivity contribution in [1.82, 2.24) is 4.90 Å². The molecular formula is C24H29FN2O2. The highest BCUT2D eigenvalue weighted by atomic mass is 19.1. The summed E-state index contributed by atoms with van der Waals surface area (Å²) in [5.41, 5.74) is 2.25. The minimum absolute atomic E-state index is 0.0415. The van der Waals surface area contributed by atoms with Gasteiger partial charge in [0.1, 0.15) is 11.6 Å². The summed E-state index contributed by atoms with van der Waals surface area (Å²) in [4.78, 5) is 18.0. The molecule has 2 saturated heterocycles. The van der Waals surface area contributed by atoms with E-state index in [1.165, 1.54) is 12.1 Å². The van der Waals surface area contributed by atoms with Crippen LogP contribution in [0.2, 0.25) is 0 Å². The molecule has 4 nitrogen and oxygen atoms in total. The van der Waals surface area contributed by atoms with E-state index in [9.17, 15) is 9.18 Å². The van der Waals surface area contributed by atoms with Crippen LogP contribution in [-0.4, -0.2) is 42.1 Å². The number of aryl methyl sites for hydroxylation is 1. The number of anilines is 1. The van der Waals surface area contributed by atoms with Crippen LogP contribution in [0.3, 0.4) is 0 Å². The SMILES string of the molecule is COc1c(C)cccc1C(=O)N1CCCC12CN(c1ccc(F)cc1)C(C)(C)C2. The van der Waals surface area contributed by atoms with Crippen LogP contribution in [0.1, 0.15) is 49.0 Å². The third kappa shape index (κ3) is 3.26. The van der Waals surface area contributed by atoms with Crippen LogP contribution in [0.15, 0.2) is 42.5 Å². The Kier molecular flexibility index (Phi) is 4.80. The van der Waals surface area contributed by atoms with Crippen molar-refractivity contribution < 1.29 is 13.9 Å². The molecule has 4 rings (SSSR count). The summed E-state index contributed by atoms with van der Waals surface area (Å²) in [6.45, 7) is 7.89. The Morgan fingerprint density at radius 3 is 2.55 bits per heavy atom. The quantitative estimate of drug-likeness (QED) is 0.747. The molecule has 0 N–H and O–H groups in total. The minimum Gasteiger partial charge on any atom is -0.496 e. The zero-order valence-corrected chi connectivity index (χ0v) is 17.7. The molecule has 2 aromatic rings. The second-order valence-corrected chi connectivity index (χ2v) is 8.99. The Morgan fingerprint density at radius 1 is 1.14 bits per heavy atom. The van der Waals surface area contributed by atoms with Crippen molar-refractivity contribution >= 4 is 11.6 Å². The summed E-state index contributed by atoms with van der Waals surface area (Å²) in [7, 11) is 1.62. The van der Waals surface area contributed by atoms with Crippen LogP contribution >= 0.6 is 0 Å². The van der Waals surface area contributed by atoms with Gasteiger partial charge in [-0.15, -0.1) is 0 Å². The van der Waals surface area contributed by atoms with E-state index in [2.05, 4.69) is 23.6 Å². The number of methoxy groups -OCH3 is 1. The molecule has 0 aromatic heterocycles. The summed E-state index contributed by atoms with van der Waals surface area (Å²) in [5, 5.41) is 0. The average molecular weight is 397 g/mol. The summed E-state index contributed by atoms with van der Waals surface area (Å²) < 4.78 is 19.0. The summed E-state index contributed by atoms with van der Waals surface area (Å²) in [5.74, 6) is 0.469. The Bertz CT molecular complexity index is 925. The number of rotatable bonds is 3. The van der Waals surface area contributed by atoms with Gasteiger partial charge in [-0.05, 0) is 75.9 Å². The van der Waals surface area contributed by atoms with Crippen molar-refractivity contribution in [2.24, 2.45) is 0 Å². The van der Waals surface area contributed by atoms with Gasteiger partial charge in [0.25, 0.3) is 5.91 Å². The molecule has 0 saturated carbocycles. The number of hydrogen-bond donors (Lipinski definition) is 0. The number of amides is 1. The van der Waals surface area contributed by atoms with Gasteiger partial charge in [0.2, 0.25) is 0 Å². The number of benzene rings is 2. The lowest BCUT2D eigenvalue weighted by Crippen LogP contribution is -2.49. The molecule has 1 spiro atoms. The van der Waals surface area contributed by atoms with E-state index in [1.54, 1.807) is 7.11 Å². The van der Waals surface area contributed by atoms with Crippen molar-refractivity contribution in [2.45, 2.75) is 51.1 Å². The second kappa shape index (κ2) is 7.05. The fourth-order valence-corrected chi connectivity index (χ4v) is 5.37. The average Bonchev–Trinajstić information content (AvgIpc) is 3.21. The number of para-hydroxylation sites is 1. The van der Waals surface area contributed by atoms with Crippen LogP contribution in [-0.2, 0) is 0 Å².